The maximum Gasteiger partial charge on any atom is 0.330 e. The topological polar surface area (TPSA) is 105 Å². The predicted molar refractivity (Wildman–Crippen MR) is 91.1 cm³/mol. The van der Waals surface area contributed by atoms with Gasteiger partial charge in [-0.2, -0.15) is 4.98 Å². The lowest BCUT2D eigenvalue weighted by atomic mass is 10.0. The van der Waals surface area contributed by atoms with E-state index in [1.165, 1.54) is 0 Å². The van der Waals surface area contributed by atoms with Gasteiger partial charge in [0.2, 0.25) is 11.8 Å². The molecule has 2 aromatic rings. The molecule has 1 amide bonds. The summed E-state index contributed by atoms with van der Waals surface area (Å²) in [4.78, 5) is 27.9. The van der Waals surface area contributed by atoms with Gasteiger partial charge in [0.25, 0.3) is 0 Å². The van der Waals surface area contributed by atoms with Crippen molar-refractivity contribution in [1.82, 2.24) is 15.5 Å². The maximum atomic E-state index is 12.2. The Labute approximate surface area is 146 Å². The van der Waals surface area contributed by atoms with Crippen LogP contribution in [0.3, 0.4) is 0 Å². The van der Waals surface area contributed by atoms with Crippen molar-refractivity contribution in [2.75, 3.05) is 0 Å². The second-order valence-corrected chi connectivity index (χ2v) is 6.46. The summed E-state index contributed by atoms with van der Waals surface area (Å²) in [7, 11) is 0. The fourth-order valence-electron chi connectivity index (χ4n) is 2.52. The number of amides is 1. The van der Waals surface area contributed by atoms with Gasteiger partial charge in [0.05, 0.1) is 0 Å². The lowest BCUT2D eigenvalue weighted by Crippen LogP contribution is -2.34. The van der Waals surface area contributed by atoms with Crippen LogP contribution in [0.15, 0.2) is 22.7 Å². The number of carboxylic acid groups (broad SMARTS) is 1. The average Bonchev–Trinajstić information content (AvgIpc) is 2.98. The van der Waals surface area contributed by atoms with Gasteiger partial charge < -0.3 is 14.9 Å². The molecule has 0 spiro atoms. The van der Waals surface area contributed by atoms with E-state index in [0.29, 0.717) is 17.3 Å². The third-order valence-corrected chi connectivity index (χ3v) is 3.70. The fraction of sp³-hybridized carbons (Fsp3) is 0.444. The van der Waals surface area contributed by atoms with E-state index >= 15 is 0 Å². The molecular weight excluding hydrogens is 322 g/mol. The molecule has 1 unspecified atom stereocenters. The van der Waals surface area contributed by atoms with E-state index in [0.717, 1.165) is 11.1 Å². The van der Waals surface area contributed by atoms with Crippen LogP contribution < -0.4 is 5.32 Å². The molecule has 1 aromatic heterocycles. The lowest BCUT2D eigenvalue weighted by molar-refractivity contribution is -0.142. The zero-order valence-electron chi connectivity index (χ0n) is 14.9. The van der Waals surface area contributed by atoms with Crippen molar-refractivity contribution >= 4 is 11.9 Å². The third kappa shape index (κ3) is 5.14. The van der Waals surface area contributed by atoms with Crippen LogP contribution in [0.2, 0.25) is 0 Å². The Bertz CT molecular complexity index is 747. The molecule has 1 atom stereocenters. The molecule has 134 valence electrons. The summed E-state index contributed by atoms with van der Waals surface area (Å²) in [6.07, 6.45) is 0.346. The molecule has 0 bridgehead atoms. The van der Waals surface area contributed by atoms with E-state index in [4.69, 9.17) is 4.52 Å². The quantitative estimate of drug-likeness (QED) is 0.799. The summed E-state index contributed by atoms with van der Waals surface area (Å²) < 4.78 is 5.09. The van der Waals surface area contributed by atoms with Crippen molar-refractivity contribution in [2.24, 2.45) is 0 Å². The highest BCUT2D eigenvalue weighted by molar-refractivity contribution is 5.84. The first kappa shape index (κ1) is 18.6. The highest BCUT2D eigenvalue weighted by atomic mass is 16.5. The van der Waals surface area contributed by atoms with Gasteiger partial charge in [-0.25, -0.2) is 4.79 Å². The number of hydrogen-bond acceptors (Lipinski definition) is 5. The molecule has 2 rings (SSSR count). The lowest BCUT2D eigenvalue weighted by Gasteiger charge is -2.16. The number of rotatable bonds is 7. The monoisotopic (exact) mass is 345 g/mol. The molecule has 2 N–H and O–H groups in total. The van der Waals surface area contributed by atoms with Crippen LogP contribution >= 0.6 is 0 Å². The Morgan fingerprint density at radius 3 is 2.36 bits per heavy atom. The molecule has 0 aliphatic rings. The van der Waals surface area contributed by atoms with Gasteiger partial charge in [-0.3, -0.25) is 4.79 Å². The number of aliphatic carboxylic acids is 1. The van der Waals surface area contributed by atoms with Crippen LogP contribution in [0, 0.1) is 13.8 Å². The first-order valence-corrected chi connectivity index (χ1v) is 8.19. The number of nitrogens with zero attached hydrogens (tertiary/aromatic N) is 2. The van der Waals surface area contributed by atoms with Crippen molar-refractivity contribution in [2.45, 2.75) is 52.5 Å². The number of carbonyl (C=O) groups is 2. The van der Waals surface area contributed by atoms with Gasteiger partial charge in [0.1, 0.15) is 0 Å². The molecule has 1 aromatic carbocycles. The molecule has 7 nitrogen and oxygen atoms in total. The maximum absolute atomic E-state index is 12.2. The fourth-order valence-corrected chi connectivity index (χ4v) is 2.52. The standard InChI is InChI=1S/C18H23N3O4/c1-10(2)17-20-15(25-21-17)6-5-14(22)19-16(18(23)24)13-8-11(3)7-12(4)9-13/h7-10,16H,5-6H2,1-4H3,(H,19,22)(H,23,24). The SMILES string of the molecule is Cc1cc(C)cc(C(NC(=O)CCc2nc(C(C)C)no2)C(=O)O)c1. The van der Waals surface area contributed by atoms with Crippen LogP contribution in [0.5, 0.6) is 0 Å². The van der Waals surface area contributed by atoms with E-state index in [2.05, 4.69) is 15.5 Å². The average molecular weight is 345 g/mol. The normalized spacial score (nSPS) is 12.2. The predicted octanol–water partition coefficient (Wildman–Crippen LogP) is 2.68. The molecule has 25 heavy (non-hydrogen) atoms. The van der Waals surface area contributed by atoms with Gasteiger partial charge in [0, 0.05) is 18.8 Å². The summed E-state index contributed by atoms with van der Waals surface area (Å²) in [6, 6.07) is 4.39. The van der Waals surface area contributed by atoms with E-state index in [1.54, 1.807) is 12.1 Å². The Morgan fingerprint density at radius 2 is 1.84 bits per heavy atom. The molecule has 0 saturated heterocycles. The number of carboxylic acids is 1. The number of carbonyl (C=O) groups excluding carboxylic acids is 1. The van der Waals surface area contributed by atoms with Crippen LogP contribution in [-0.2, 0) is 16.0 Å². The van der Waals surface area contributed by atoms with Gasteiger partial charge in [-0.15, -0.1) is 0 Å². The summed E-state index contributed by atoms with van der Waals surface area (Å²) in [5.41, 5.74) is 2.45. The highest BCUT2D eigenvalue weighted by Gasteiger charge is 2.23. The summed E-state index contributed by atoms with van der Waals surface area (Å²) in [5.74, 6) is -0.368. The van der Waals surface area contributed by atoms with Gasteiger partial charge in [-0.05, 0) is 19.4 Å². The summed E-state index contributed by atoms with van der Waals surface area (Å²) in [5, 5.41) is 15.8. The second-order valence-electron chi connectivity index (χ2n) is 6.46. The van der Waals surface area contributed by atoms with Gasteiger partial charge >= 0.3 is 5.97 Å². The van der Waals surface area contributed by atoms with Crippen LogP contribution in [-0.4, -0.2) is 27.1 Å². The minimum Gasteiger partial charge on any atom is -0.479 e. The number of hydrogen-bond donors (Lipinski definition) is 2. The Hall–Kier alpha value is -2.70. The minimum atomic E-state index is -1.10. The van der Waals surface area contributed by atoms with Crippen molar-refractivity contribution < 1.29 is 19.2 Å². The zero-order valence-corrected chi connectivity index (χ0v) is 14.9. The zero-order chi connectivity index (χ0) is 18.6. The minimum absolute atomic E-state index is 0.0777. The first-order valence-electron chi connectivity index (χ1n) is 8.19. The van der Waals surface area contributed by atoms with Crippen LogP contribution in [0.25, 0.3) is 0 Å². The van der Waals surface area contributed by atoms with Crippen molar-refractivity contribution in [3.63, 3.8) is 0 Å². The number of nitrogens with one attached hydrogen (secondary N) is 1. The Kier molecular flexibility index (Phi) is 5.90. The van der Waals surface area contributed by atoms with Crippen LogP contribution in [0.1, 0.15) is 60.6 Å². The highest BCUT2D eigenvalue weighted by Crippen LogP contribution is 2.18. The second kappa shape index (κ2) is 7.92. The van der Waals surface area contributed by atoms with Gasteiger partial charge in [0.15, 0.2) is 11.9 Å². The molecule has 0 aliphatic heterocycles. The summed E-state index contributed by atoms with van der Waals surface area (Å²) >= 11 is 0. The Morgan fingerprint density at radius 1 is 1.20 bits per heavy atom. The Balaban J connectivity index is 2.01. The number of benzene rings is 1. The molecule has 0 fully saturated rings. The number of aromatic nitrogens is 2. The van der Waals surface area contributed by atoms with Crippen molar-refractivity contribution in [3.05, 3.63) is 46.6 Å². The van der Waals surface area contributed by atoms with Crippen molar-refractivity contribution in [1.29, 1.82) is 0 Å². The first-order chi connectivity index (χ1) is 11.8. The van der Waals surface area contributed by atoms with Gasteiger partial charge in [-0.1, -0.05) is 48.3 Å². The van der Waals surface area contributed by atoms with E-state index in [-0.39, 0.29) is 24.7 Å². The number of aryl methyl sites for hydroxylation is 3. The largest absolute Gasteiger partial charge is 0.479 e. The summed E-state index contributed by atoms with van der Waals surface area (Å²) in [6.45, 7) is 7.67. The van der Waals surface area contributed by atoms with Crippen LogP contribution in [0.4, 0.5) is 0 Å². The van der Waals surface area contributed by atoms with E-state index < -0.39 is 12.0 Å². The smallest absolute Gasteiger partial charge is 0.330 e. The van der Waals surface area contributed by atoms with E-state index in [9.17, 15) is 14.7 Å². The molecule has 0 aliphatic carbocycles. The molecular formula is C18H23N3O4. The van der Waals surface area contributed by atoms with E-state index in [1.807, 2.05) is 33.8 Å². The molecule has 7 heteroatoms. The molecule has 0 radical (unpaired) electrons. The van der Waals surface area contributed by atoms with Crippen molar-refractivity contribution in [3.8, 4) is 0 Å². The molecule has 0 saturated carbocycles. The molecule has 1 heterocycles. The third-order valence-electron chi connectivity index (χ3n) is 3.70.